The van der Waals surface area contributed by atoms with Crippen molar-refractivity contribution in [2.45, 2.75) is 19.1 Å². The lowest BCUT2D eigenvalue weighted by Gasteiger charge is -2.12. The summed E-state index contributed by atoms with van der Waals surface area (Å²) in [7, 11) is -2.91. The van der Waals surface area contributed by atoms with Gasteiger partial charge < -0.3 is 9.84 Å². The second-order valence-corrected chi connectivity index (χ2v) is 6.18. The number of hydrogen-bond donors (Lipinski definition) is 1. The lowest BCUT2D eigenvalue weighted by Crippen LogP contribution is -2.17. The van der Waals surface area contributed by atoms with E-state index in [1.165, 1.54) is 0 Å². The van der Waals surface area contributed by atoms with Crippen LogP contribution in [0, 0.1) is 0 Å². The summed E-state index contributed by atoms with van der Waals surface area (Å²) in [5, 5.41) is 8.95. The standard InChI is InChI=1S/C11H14O4S/c12-7-9-2-1-3-10(6-9)15-11-4-5-16(13,14)8-11/h1-3,6,11-12H,4-5,7-8H2. The molecule has 1 aliphatic rings. The van der Waals surface area contributed by atoms with Gasteiger partial charge in [0.25, 0.3) is 0 Å². The fraction of sp³-hybridized carbons (Fsp3) is 0.455. The minimum absolute atomic E-state index is 0.0415. The first-order valence-corrected chi connectivity index (χ1v) is 6.98. The van der Waals surface area contributed by atoms with E-state index in [0.29, 0.717) is 12.2 Å². The van der Waals surface area contributed by atoms with Crippen molar-refractivity contribution in [3.8, 4) is 5.75 Å². The van der Waals surface area contributed by atoms with Gasteiger partial charge in [-0.25, -0.2) is 8.42 Å². The van der Waals surface area contributed by atoms with Crippen molar-refractivity contribution in [2.24, 2.45) is 0 Å². The molecule has 1 aromatic carbocycles. The van der Waals surface area contributed by atoms with E-state index in [1.807, 2.05) is 0 Å². The smallest absolute Gasteiger partial charge is 0.154 e. The van der Waals surface area contributed by atoms with E-state index in [1.54, 1.807) is 24.3 Å². The molecule has 1 N–H and O–H groups in total. The van der Waals surface area contributed by atoms with Crippen LogP contribution in [0.3, 0.4) is 0 Å². The van der Waals surface area contributed by atoms with Gasteiger partial charge in [0.1, 0.15) is 11.9 Å². The quantitative estimate of drug-likeness (QED) is 0.849. The number of aliphatic hydroxyl groups excluding tert-OH is 1. The normalized spacial score (nSPS) is 23.2. The third-order valence-corrected chi connectivity index (χ3v) is 4.31. The van der Waals surface area contributed by atoms with Crippen molar-refractivity contribution in [2.75, 3.05) is 11.5 Å². The molecule has 1 heterocycles. The van der Waals surface area contributed by atoms with E-state index in [9.17, 15) is 8.42 Å². The molecule has 4 nitrogen and oxygen atoms in total. The Morgan fingerprint density at radius 2 is 2.25 bits per heavy atom. The number of sulfone groups is 1. The zero-order valence-electron chi connectivity index (χ0n) is 8.80. The number of hydrogen-bond acceptors (Lipinski definition) is 4. The van der Waals surface area contributed by atoms with E-state index in [-0.39, 0.29) is 24.2 Å². The zero-order chi connectivity index (χ0) is 11.6. The van der Waals surface area contributed by atoms with Crippen LogP contribution in [0.4, 0.5) is 0 Å². The largest absolute Gasteiger partial charge is 0.489 e. The molecule has 1 saturated heterocycles. The van der Waals surface area contributed by atoms with Crippen LogP contribution in [-0.2, 0) is 16.4 Å². The van der Waals surface area contributed by atoms with Crippen molar-refractivity contribution in [3.63, 3.8) is 0 Å². The third-order valence-electron chi connectivity index (χ3n) is 2.57. The van der Waals surface area contributed by atoms with Crippen LogP contribution in [0.15, 0.2) is 24.3 Å². The lowest BCUT2D eigenvalue weighted by molar-refractivity contribution is 0.227. The molecule has 88 valence electrons. The predicted molar refractivity (Wildman–Crippen MR) is 60.1 cm³/mol. The SMILES string of the molecule is O=S1(=O)CCC(Oc2cccc(CO)c2)C1. The number of ether oxygens (including phenoxy) is 1. The predicted octanol–water partition coefficient (Wildman–Crippen LogP) is 0.745. The van der Waals surface area contributed by atoms with Crippen LogP contribution >= 0.6 is 0 Å². The Hall–Kier alpha value is -1.07. The fourth-order valence-electron chi connectivity index (χ4n) is 1.76. The van der Waals surface area contributed by atoms with Gasteiger partial charge in [-0.15, -0.1) is 0 Å². The van der Waals surface area contributed by atoms with Gasteiger partial charge in [-0.05, 0) is 24.1 Å². The van der Waals surface area contributed by atoms with Crippen LogP contribution in [0.2, 0.25) is 0 Å². The molecule has 16 heavy (non-hydrogen) atoms. The Labute approximate surface area is 94.8 Å². The van der Waals surface area contributed by atoms with Crippen molar-refractivity contribution in [1.29, 1.82) is 0 Å². The van der Waals surface area contributed by atoms with Gasteiger partial charge in [0.15, 0.2) is 9.84 Å². The van der Waals surface area contributed by atoms with Gasteiger partial charge in [0, 0.05) is 0 Å². The molecule has 1 fully saturated rings. The minimum atomic E-state index is -2.91. The molecule has 0 aliphatic carbocycles. The highest BCUT2D eigenvalue weighted by molar-refractivity contribution is 7.91. The van der Waals surface area contributed by atoms with Gasteiger partial charge in [0.05, 0.1) is 18.1 Å². The molecule has 1 unspecified atom stereocenters. The Morgan fingerprint density at radius 1 is 1.44 bits per heavy atom. The third kappa shape index (κ3) is 2.74. The molecule has 5 heteroatoms. The van der Waals surface area contributed by atoms with Gasteiger partial charge in [-0.2, -0.15) is 0 Å². The summed E-state index contributed by atoms with van der Waals surface area (Å²) >= 11 is 0. The summed E-state index contributed by atoms with van der Waals surface area (Å²) in [6.07, 6.45) is 0.296. The highest BCUT2D eigenvalue weighted by atomic mass is 32.2. The Bertz CT molecular complexity index is 467. The number of benzene rings is 1. The summed E-state index contributed by atoms with van der Waals surface area (Å²) in [5.74, 6) is 0.918. The van der Waals surface area contributed by atoms with Gasteiger partial charge in [0.2, 0.25) is 0 Å². The molecule has 0 spiro atoms. The lowest BCUT2D eigenvalue weighted by atomic mass is 10.2. The number of aliphatic hydroxyl groups is 1. The van der Waals surface area contributed by atoms with E-state index >= 15 is 0 Å². The first-order chi connectivity index (χ1) is 7.59. The Kier molecular flexibility index (Phi) is 3.16. The summed E-state index contributed by atoms with van der Waals surface area (Å²) < 4.78 is 28.0. The van der Waals surface area contributed by atoms with Crippen molar-refractivity contribution in [3.05, 3.63) is 29.8 Å². The van der Waals surface area contributed by atoms with Crippen LogP contribution in [0.1, 0.15) is 12.0 Å². The van der Waals surface area contributed by atoms with E-state index in [0.717, 1.165) is 5.56 Å². The molecule has 1 aromatic rings. The zero-order valence-corrected chi connectivity index (χ0v) is 9.61. The topological polar surface area (TPSA) is 63.6 Å². The molecule has 2 rings (SSSR count). The van der Waals surface area contributed by atoms with Crippen molar-refractivity contribution < 1.29 is 18.3 Å². The maximum Gasteiger partial charge on any atom is 0.154 e. The molecule has 0 amide bonds. The molecule has 1 atom stereocenters. The molecular weight excluding hydrogens is 228 g/mol. The highest BCUT2D eigenvalue weighted by Crippen LogP contribution is 2.20. The van der Waals surface area contributed by atoms with Gasteiger partial charge >= 0.3 is 0 Å². The van der Waals surface area contributed by atoms with E-state index in [2.05, 4.69) is 0 Å². The summed E-state index contributed by atoms with van der Waals surface area (Å²) in [6.45, 7) is -0.0415. The second-order valence-electron chi connectivity index (χ2n) is 3.95. The average Bonchev–Trinajstić information content (AvgIpc) is 2.58. The number of rotatable bonds is 3. The first-order valence-electron chi connectivity index (χ1n) is 5.16. The summed E-state index contributed by atoms with van der Waals surface area (Å²) in [6, 6.07) is 7.07. The summed E-state index contributed by atoms with van der Waals surface area (Å²) in [5.41, 5.74) is 0.762. The first kappa shape index (κ1) is 11.4. The molecule has 1 aliphatic heterocycles. The Morgan fingerprint density at radius 3 is 2.88 bits per heavy atom. The Balaban J connectivity index is 2.04. The van der Waals surface area contributed by atoms with Gasteiger partial charge in [-0.1, -0.05) is 12.1 Å². The van der Waals surface area contributed by atoms with Crippen molar-refractivity contribution in [1.82, 2.24) is 0 Å². The minimum Gasteiger partial charge on any atom is -0.489 e. The van der Waals surface area contributed by atoms with E-state index < -0.39 is 9.84 Å². The molecule has 0 radical (unpaired) electrons. The maximum atomic E-state index is 11.2. The van der Waals surface area contributed by atoms with Gasteiger partial charge in [-0.3, -0.25) is 0 Å². The molecule has 0 saturated carbocycles. The molecular formula is C11H14O4S. The van der Waals surface area contributed by atoms with Crippen LogP contribution < -0.4 is 4.74 Å². The average molecular weight is 242 g/mol. The highest BCUT2D eigenvalue weighted by Gasteiger charge is 2.29. The summed E-state index contributed by atoms with van der Waals surface area (Å²) in [4.78, 5) is 0. The monoisotopic (exact) mass is 242 g/mol. The van der Waals surface area contributed by atoms with Crippen LogP contribution in [-0.4, -0.2) is 31.1 Å². The van der Waals surface area contributed by atoms with Crippen LogP contribution in [0.5, 0.6) is 5.75 Å². The maximum absolute atomic E-state index is 11.2. The fourth-order valence-corrected chi connectivity index (χ4v) is 3.35. The molecule has 0 aromatic heterocycles. The second kappa shape index (κ2) is 4.43. The molecule has 0 bridgehead atoms. The van der Waals surface area contributed by atoms with E-state index in [4.69, 9.17) is 9.84 Å². The van der Waals surface area contributed by atoms with Crippen LogP contribution in [0.25, 0.3) is 0 Å². The van der Waals surface area contributed by atoms with Crippen molar-refractivity contribution >= 4 is 9.84 Å².